The maximum atomic E-state index is 12.4. The second-order valence-corrected chi connectivity index (χ2v) is 7.57. The van der Waals surface area contributed by atoms with Crippen LogP contribution in [0.1, 0.15) is 52.1 Å². The Balaban J connectivity index is 2.03. The average molecular weight is 362 g/mol. The van der Waals surface area contributed by atoms with Crippen LogP contribution in [0.4, 0.5) is 9.59 Å². The van der Waals surface area contributed by atoms with Crippen LogP contribution in [-0.4, -0.2) is 53.8 Å². The molecule has 0 aliphatic carbocycles. The van der Waals surface area contributed by atoms with Crippen molar-refractivity contribution in [2.75, 3.05) is 26.2 Å². The van der Waals surface area contributed by atoms with Crippen LogP contribution in [-0.2, 0) is 9.47 Å². The van der Waals surface area contributed by atoms with Crippen LogP contribution in [0, 0.1) is 0 Å². The zero-order valence-corrected chi connectivity index (χ0v) is 16.2. The molecule has 26 heavy (non-hydrogen) atoms. The van der Waals surface area contributed by atoms with E-state index in [1.165, 1.54) is 0 Å². The second-order valence-electron chi connectivity index (χ2n) is 7.57. The lowest BCUT2D eigenvalue weighted by atomic mass is 10.1. The van der Waals surface area contributed by atoms with Gasteiger partial charge in [0, 0.05) is 19.6 Å². The quantitative estimate of drug-likeness (QED) is 0.790. The normalized spacial score (nSPS) is 18.1. The first kappa shape index (κ1) is 20.1. The molecule has 1 saturated heterocycles. The SMILES string of the molecule is CC(c1ccccc1)N1CCCN(C(=O)OC(C)(C)C)CCCOC1=O. The van der Waals surface area contributed by atoms with E-state index >= 15 is 0 Å². The fourth-order valence-electron chi connectivity index (χ4n) is 2.91. The molecule has 1 heterocycles. The number of amides is 2. The van der Waals surface area contributed by atoms with Crippen molar-refractivity contribution in [2.45, 2.75) is 52.2 Å². The predicted octanol–water partition coefficient (Wildman–Crippen LogP) is 4.22. The first-order chi connectivity index (χ1) is 12.3. The molecule has 1 fully saturated rings. The number of rotatable bonds is 2. The van der Waals surface area contributed by atoms with E-state index in [0.29, 0.717) is 32.5 Å². The van der Waals surface area contributed by atoms with E-state index in [4.69, 9.17) is 9.47 Å². The first-order valence-electron chi connectivity index (χ1n) is 9.24. The topological polar surface area (TPSA) is 59.1 Å². The van der Waals surface area contributed by atoms with Gasteiger partial charge in [0.1, 0.15) is 5.60 Å². The highest BCUT2D eigenvalue weighted by molar-refractivity contribution is 5.69. The van der Waals surface area contributed by atoms with E-state index in [1.807, 2.05) is 58.0 Å². The van der Waals surface area contributed by atoms with E-state index in [9.17, 15) is 9.59 Å². The molecule has 0 aromatic heterocycles. The molecule has 1 atom stereocenters. The van der Waals surface area contributed by atoms with Gasteiger partial charge in [-0.3, -0.25) is 0 Å². The lowest BCUT2D eigenvalue weighted by Crippen LogP contribution is -2.42. The van der Waals surface area contributed by atoms with Gasteiger partial charge in [0.25, 0.3) is 0 Å². The van der Waals surface area contributed by atoms with E-state index in [1.54, 1.807) is 9.80 Å². The van der Waals surface area contributed by atoms with Crippen LogP contribution >= 0.6 is 0 Å². The molecular formula is C20H30N2O4. The first-order valence-corrected chi connectivity index (χ1v) is 9.24. The Kier molecular flexibility index (Phi) is 6.89. The van der Waals surface area contributed by atoms with Gasteiger partial charge < -0.3 is 19.3 Å². The van der Waals surface area contributed by atoms with E-state index in [2.05, 4.69) is 0 Å². The van der Waals surface area contributed by atoms with Gasteiger partial charge in [0.15, 0.2) is 0 Å². The third-order valence-corrected chi connectivity index (χ3v) is 4.26. The van der Waals surface area contributed by atoms with Gasteiger partial charge in [0.2, 0.25) is 0 Å². The molecule has 6 nitrogen and oxygen atoms in total. The Morgan fingerprint density at radius 3 is 2.42 bits per heavy atom. The zero-order valence-electron chi connectivity index (χ0n) is 16.2. The van der Waals surface area contributed by atoms with Crippen LogP contribution in [0.25, 0.3) is 0 Å². The molecule has 1 unspecified atom stereocenters. The third kappa shape index (κ3) is 5.93. The number of carbonyl (C=O) groups excluding carboxylic acids is 2. The molecule has 0 N–H and O–H groups in total. The van der Waals surface area contributed by atoms with Crippen LogP contribution in [0.3, 0.4) is 0 Å². The standard InChI is InChI=1S/C20H30N2O4/c1-16(17-10-6-5-7-11-17)22-14-8-12-21(13-9-15-25-19(22)24)18(23)26-20(2,3)4/h5-7,10-11,16H,8-9,12-15H2,1-4H3. The van der Waals surface area contributed by atoms with Crippen LogP contribution in [0.2, 0.25) is 0 Å². The molecule has 0 radical (unpaired) electrons. The van der Waals surface area contributed by atoms with Gasteiger partial charge in [-0.2, -0.15) is 0 Å². The summed E-state index contributed by atoms with van der Waals surface area (Å²) < 4.78 is 10.9. The maximum absolute atomic E-state index is 12.4. The molecule has 0 spiro atoms. The lowest BCUT2D eigenvalue weighted by Gasteiger charge is -2.32. The highest BCUT2D eigenvalue weighted by Crippen LogP contribution is 2.22. The van der Waals surface area contributed by atoms with Crippen molar-refractivity contribution >= 4 is 12.2 Å². The fraction of sp³-hybridized carbons (Fsp3) is 0.600. The van der Waals surface area contributed by atoms with Gasteiger partial charge in [0.05, 0.1) is 12.6 Å². The minimum absolute atomic E-state index is 0.0851. The molecule has 6 heteroatoms. The summed E-state index contributed by atoms with van der Waals surface area (Å²) in [5.74, 6) is 0. The van der Waals surface area contributed by atoms with Crippen molar-refractivity contribution in [3.05, 3.63) is 35.9 Å². The minimum atomic E-state index is -0.521. The van der Waals surface area contributed by atoms with Crippen molar-refractivity contribution in [1.82, 2.24) is 9.80 Å². The summed E-state index contributed by atoms with van der Waals surface area (Å²) in [6.07, 6.45) is 0.656. The summed E-state index contributed by atoms with van der Waals surface area (Å²) in [5.41, 5.74) is 0.540. The van der Waals surface area contributed by atoms with Crippen LogP contribution in [0.5, 0.6) is 0 Å². The fourth-order valence-corrected chi connectivity index (χ4v) is 2.91. The summed E-state index contributed by atoms with van der Waals surface area (Å²) >= 11 is 0. The van der Waals surface area contributed by atoms with Crippen LogP contribution < -0.4 is 0 Å². The van der Waals surface area contributed by atoms with Crippen molar-refractivity contribution in [2.24, 2.45) is 0 Å². The van der Waals surface area contributed by atoms with E-state index < -0.39 is 5.60 Å². The second kappa shape index (κ2) is 8.92. The van der Waals surface area contributed by atoms with E-state index in [-0.39, 0.29) is 24.8 Å². The monoisotopic (exact) mass is 362 g/mol. The number of cyclic esters (lactones) is 1. The summed E-state index contributed by atoms with van der Waals surface area (Å²) in [7, 11) is 0. The van der Waals surface area contributed by atoms with Crippen molar-refractivity contribution in [3.8, 4) is 0 Å². The molecule has 2 rings (SSSR count). The Hall–Kier alpha value is -2.24. The lowest BCUT2D eigenvalue weighted by molar-refractivity contribution is 0.0204. The van der Waals surface area contributed by atoms with Crippen molar-refractivity contribution in [3.63, 3.8) is 0 Å². The highest BCUT2D eigenvalue weighted by Gasteiger charge is 2.26. The minimum Gasteiger partial charge on any atom is -0.449 e. The maximum Gasteiger partial charge on any atom is 0.410 e. The molecule has 0 saturated carbocycles. The van der Waals surface area contributed by atoms with Gasteiger partial charge >= 0.3 is 12.2 Å². The third-order valence-electron chi connectivity index (χ3n) is 4.26. The van der Waals surface area contributed by atoms with E-state index in [0.717, 1.165) is 5.56 Å². The predicted molar refractivity (Wildman–Crippen MR) is 100.0 cm³/mol. The molecule has 144 valence electrons. The summed E-state index contributed by atoms with van der Waals surface area (Å²) in [6.45, 7) is 9.46. The summed E-state index contributed by atoms with van der Waals surface area (Å²) in [4.78, 5) is 28.2. The number of carbonyl (C=O) groups is 2. The number of ether oxygens (including phenoxy) is 2. The number of hydrogen-bond donors (Lipinski definition) is 0. The largest absolute Gasteiger partial charge is 0.449 e. The Labute approximate surface area is 156 Å². The smallest absolute Gasteiger partial charge is 0.410 e. The number of hydrogen-bond acceptors (Lipinski definition) is 4. The van der Waals surface area contributed by atoms with Gasteiger partial charge in [-0.05, 0) is 46.1 Å². The number of benzene rings is 1. The summed E-state index contributed by atoms with van der Waals surface area (Å²) in [6, 6.07) is 9.80. The number of nitrogens with zero attached hydrogens (tertiary/aromatic N) is 2. The molecule has 1 aromatic carbocycles. The molecule has 0 bridgehead atoms. The highest BCUT2D eigenvalue weighted by atomic mass is 16.6. The van der Waals surface area contributed by atoms with Gasteiger partial charge in [-0.25, -0.2) is 9.59 Å². The zero-order chi connectivity index (χ0) is 19.2. The van der Waals surface area contributed by atoms with Crippen molar-refractivity contribution < 1.29 is 19.1 Å². The Morgan fingerprint density at radius 1 is 1.12 bits per heavy atom. The Bertz CT molecular complexity index is 598. The van der Waals surface area contributed by atoms with Gasteiger partial charge in [-0.15, -0.1) is 0 Å². The molecule has 1 aromatic rings. The average Bonchev–Trinajstić information content (AvgIpc) is 2.59. The molecule has 1 aliphatic heterocycles. The molecule has 1 aliphatic rings. The van der Waals surface area contributed by atoms with Crippen LogP contribution in [0.15, 0.2) is 30.3 Å². The Morgan fingerprint density at radius 2 is 1.77 bits per heavy atom. The van der Waals surface area contributed by atoms with Crippen molar-refractivity contribution in [1.29, 1.82) is 0 Å². The van der Waals surface area contributed by atoms with Gasteiger partial charge in [-0.1, -0.05) is 30.3 Å². The molecule has 2 amide bonds. The summed E-state index contributed by atoms with van der Waals surface area (Å²) in [5, 5.41) is 0. The molecular weight excluding hydrogens is 332 g/mol.